The zero-order valence-corrected chi connectivity index (χ0v) is 16.6. The van der Waals surface area contributed by atoms with Crippen molar-refractivity contribution in [3.63, 3.8) is 0 Å². The summed E-state index contributed by atoms with van der Waals surface area (Å²) in [5.41, 5.74) is 8.40. The van der Waals surface area contributed by atoms with E-state index in [-0.39, 0.29) is 29.3 Å². The Labute approximate surface area is 164 Å². The van der Waals surface area contributed by atoms with Gasteiger partial charge in [-0.15, -0.1) is 0 Å². The van der Waals surface area contributed by atoms with Crippen molar-refractivity contribution in [3.05, 3.63) is 41.6 Å². The van der Waals surface area contributed by atoms with Crippen molar-refractivity contribution in [2.45, 2.75) is 45.4 Å². The molecule has 1 aromatic carbocycles. The first-order valence-corrected chi connectivity index (χ1v) is 9.55. The van der Waals surface area contributed by atoms with E-state index in [9.17, 15) is 4.39 Å². The fraction of sp³-hybridized carbons (Fsp3) is 0.500. The highest BCUT2D eigenvalue weighted by Crippen LogP contribution is 2.37. The van der Waals surface area contributed by atoms with E-state index in [0.717, 1.165) is 30.2 Å². The van der Waals surface area contributed by atoms with Gasteiger partial charge in [0.2, 0.25) is 0 Å². The molecule has 0 radical (unpaired) electrons. The van der Waals surface area contributed by atoms with Gasteiger partial charge in [-0.1, -0.05) is 0 Å². The fourth-order valence-electron chi connectivity index (χ4n) is 3.63. The standard InChI is InChI=1S/C20H26FN5O2/c1-12(2)28-17-7-13-15(8-14(17)21)24-25-19(13)16-9-18(23-11-22-16)26-5-6-27-20(3,4)10-26/h7-9,11-12,19,24-25H,5-6,10H2,1-4H3. The Kier molecular flexibility index (Phi) is 4.84. The third-order valence-corrected chi connectivity index (χ3v) is 4.85. The van der Waals surface area contributed by atoms with E-state index in [1.54, 1.807) is 12.4 Å². The SMILES string of the molecule is CC(C)Oc1cc2c(cc1F)NNC2c1cc(N2CCOC(C)(C)C2)ncn1. The smallest absolute Gasteiger partial charge is 0.167 e. The van der Waals surface area contributed by atoms with Gasteiger partial charge in [-0.05, 0) is 33.8 Å². The topological polar surface area (TPSA) is 71.5 Å². The molecule has 1 aromatic heterocycles. The molecule has 0 bridgehead atoms. The van der Waals surface area contributed by atoms with Crippen LogP contribution in [-0.2, 0) is 4.74 Å². The van der Waals surface area contributed by atoms with Crippen molar-refractivity contribution in [2.75, 3.05) is 30.0 Å². The minimum atomic E-state index is -0.388. The van der Waals surface area contributed by atoms with Crippen LogP contribution in [-0.4, -0.2) is 41.4 Å². The maximum Gasteiger partial charge on any atom is 0.167 e. The molecule has 28 heavy (non-hydrogen) atoms. The van der Waals surface area contributed by atoms with Crippen LogP contribution in [0.5, 0.6) is 5.75 Å². The van der Waals surface area contributed by atoms with Crippen LogP contribution in [0.15, 0.2) is 24.5 Å². The Morgan fingerprint density at radius 3 is 2.86 bits per heavy atom. The summed E-state index contributed by atoms with van der Waals surface area (Å²) < 4.78 is 25.7. The highest BCUT2D eigenvalue weighted by Gasteiger charge is 2.30. The maximum atomic E-state index is 14.3. The Balaban J connectivity index is 1.63. The molecule has 0 aliphatic carbocycles. The van der Waals surface area contributed by atoms with Crippen LogP contribution in [0.1, 0.15) is 45.0 Å². The van der Waals surface area contributed by atoms with E-state index < -0.39 is 0 Å². The van der Waals surface area contributed by atoms with Gasteiger partial charge in [0.25, 0.3) is 0 Å². The Hall–Kier alpha value is -2.45. The first-order chi connectivity index (χ1) is 13.3. The predicted molar refractivity (Wildman–Crippen MR) is 105 cm³/mol. The molecule has 0 amide bonds. The number of nitrogens with one attached hydrogen (secondary N) is 2. The maximum absolute atomic E-state index is 14.3. The Morgan fingerprint density at radius 1 is 1.29 bits per heavy atom. The molecule has 150 valence electrons. The van der Waals surface area contributed by atoms with Gasteiger partial charge in [0, 0.05) is 30.8 Å². The van der Waals surface area contributed by atoms with E-state index in [1.165, 1.54) is 6.07 Å². The average Bonchev–Trinajstić information content (AvgIpc) is 3.03. The number of rotatable bonds is 4. The molecule has 1 atom stereocenters. The van der Waals surface area contributed by atoms with Crippen LogP contribution in [0, 0.1) is 5.82 Å². The van der Waals surface area contributed by atoms with Crippen molar-refractivity contribution in [1.29, 1.82) is 0 Å². The third-order valence-electron chi connectivity index (χ3n) is 4.85. The molecule has 2 aromatic rings. The number of hydrogen-bond donors (Lipinski definition) is 2. The third kappa shape index (κ3) is 3.74. The number of nitrogens with zero attached hydrogens (tertiary/aromatic N) is 3. The highest BCUT2D eigenvalue weighted by atomic mass is 19.1. The molecule has 0 spiro atoms. The van der Waals surface area contributed by atoms with Gasteiger partial charge in [-0.3, -0.25) is 0 Å². The zero-order chi connectivity index (χ0) is 19.9. The van der Waals surface area contributed by atoms with Crippen LogP contribution in [0.25, 0.3) is 0 Å². The largest absolute Gasteiger partial charge is 0.488 e. The Morgan fingerprint density at radius 2 is 2.11 bits per heavy atom. The van der Waals surface area contributed by atoms with Crippen molar-refractivity contribution in [2.24, 2.45) is 0 Å². The van der Waals surface area contributed by atoms with E-state index in [1.807, 2.05) is 19.9 Å². The Bertz CT molecular complexity index is 874. The first-order valence-electron chi connectivity index (χ1n) is 9.55. The van der Waals surface area contributed by atoms with Gasteiger partial charge in [0.05, 0.1) is 35.7 Å². The summed E-state index contributed by atoms with van der Waals surface area (Å²) in [4.78, 5) is 11.1. The molecule has 2 aliphatic rings. The number of fused-ring (bicyclic) bond motifs is 1. The van der Waals surface area contributed by atoms with Crippen LogP contribution >= 0.6 is 0 Å². The zero-order valence-electron chi connectivity index (χ0n) is 16.6. The van der Waals surface area contributed by atoms with Gasteiger partial charge in [-0.25, -0.2) is 19.8 Å². The first kappa shape index (κ1) is 18.9. The van der Waals surface area contributed by atoms with E-state index >= 15 is 0 Å². The lowest BCUT2D eigenvalue weighted by atomic mass is 10.0. The second-order valence-electron chi connectivity index (χ2n) is 8.07. The monoisotopic (exact) mass is 387 g/mol. The van der Waals surface area contributed by atoms with Crippen molar-refractivity contribution < 1.29 is 13.9 Å². The van der Waals surface area contributed by atoms with Gasteiger partial charge in [-0.2, -0.15) is 0 Å². The van der Waals surface area contributed by atoms with Gasteiger partial charge < -0.3 is 19.8 Å². The summed E-state index contributed by atoms with van der Waals surface area (Å²) in [7, 11) is 0. The molecule has 1 unspecified atom stereocenters. The predicted octanol–water partition coefficient (Wildman–Crippen LogP) is 3.04. The molecule has 0 saturated carbocycles. The molecule has 2 aliphatic heterocycles. The molecule has 4 rings (SSSR count). The molecular weight excluding hydrogens is 361 g/mol. The summed E-state index contributed by atoms with van der Waals surface area (Å²) in [6.07, 6.45) is 1.46. The number of hydrazine groups is 1. The highest BCUT2D eigenvalue weighted by molar-refractivity contribution is 5.61. The summed E-state index contributed by atoms with van der Waals surface area (Å²) in [5, 5.41) is 0. The van der Waals surface area contributed by atoms with Gasteiger partial charge >= 0.3 is 0 Å². The number of aromatic nitrogens is 2. The second-order valence-corrected chi connectivity index (χ2v) is 8.07. The number of halogens is 1. The number of benzene rings is 1. The van der Waals surface area contributed by atoms with Gasteiger partial charge in [0.1, 0.15) is 12.1 Å². The molecular formula is C20H26FN5O2. The van der Waals surface area contributed by atoms with Crippen LogP contribution in [0.3, 0.4) is 0 Å². The minimum Gasteiger partial charge on any atom is -0.488 e. The van der Waals surface area contributed by atoms with Crippen LogP contribution < -0.4 is 20.5 Å². The lowest BCUT2D eigenvalue weighted by Gasteiger charge is -2.38. The summed E-state index contributed by atoms with van der Waals surface area (Å²) in [6.45, 7) is 10.1. The number of morpholine rings is 1. The molecule has 7 nitrogen and oxygen atoms in total. The van der Waals surface area contributed by atoms with Crippen LogP contribution in [0.4, 0.5) is 15.9 Å². The second kappa shape index (κ2) is 7.18. The number of hydrogen-bond acceptors (Lipinski definition) is 7. The summed E-state index contributed by atoms with van der Waals surface area (Å²) >= 11 is 0. The molecule has 3 heterocycles. The fourth-order valence-corrected chi connectivity index (χ4v) is 3.63. The molecule has 1 saturated heterocycles. The lowest BCUT2D eigenvalue weighted by molar-refractivity contribution is -0.0279. The van der Waals surface area contributed by atoms with Crippen molar-refractivity contribution in [1.82, 2.24) is 15.4 Å². The molecule has 1 fully saturated rings. The van der Waals surface area contributed by atoms with E-state index in [0.29, 0.717) is 12.3 Å². The normalized spacial score (nSPS) is 20.8. The number of anilines is 2. The van der Waals surface area contributed by atoms with Gasteiger partial charge in [0.15, 0.2) is 11.6 Å². The lowest BCUT2D eigenvalue weighted by Crippen LogP contribution is -2.48. The minimum absolute atomic E-state index is 0.108. The summed E-state index contributed by atoms with van der Waals surface area (Å²) in [6, 6.07) is 4.94. The average molecular weight is 387 g/mol. The van der Waals surface area contributed by atoms with Crippen LogP contribution in [0.2, 0.25) is 0 Å². The molecule has 2 N–H and O–H groups in total. The quantitative estimate of drug-likeness (QED) is 0.835. The van der Waals surface area contributed by atoms with Crippen molar-refractivity contribution >= 4 is 11.5 Å². The van der Waals surface area contributed by atoms with Crippen molar-refractivity contribution in [3.8, 4) is 5.75 Å². The summed E-state index contributed by atoms with van der Waals surface area (Å²) in [5.74, 6) is 0.715. The van der Waals surface area contributed by atoms with E-state index in [4.69, 9.17) is 9.47 Å². The molecule has 8 heteroatoms. The number of ether oxygens (including phenoxy) is 2. The van der Waals surface area contributed by atoms with E-state index in [2.05, 4.69) is 39.6 Å².